The molecule has 262 valence electrons. The number of para-hydroxylation sites is 3. The largest absolute Gasteiger partial charge is 0.319 e. The highest BCUT2D eigenvalue weighted by Crippen LogP contribution is 2.41. The zero-order valence-electron chi connectivity index (χ0n) is 30.3. The van der Waals surface area contributed by atoms with Gasteiger partial charge in [0.05, 0.1) is 58.5 Å². The number of aromatic nitrogens is 3. The van der Waals surface area contributed by atoms with E-state index in [1.807, 2.05) is 36.4 Å². The molecule has 0 N–H and O–H groups in total. The van der Waals surface area contributed by atoms with Crippen LogP contribution < -0.4 is 0 Å². The van der Waals surface area contributed by atoms with Crippen LogP contribution in [0.15, 0.2) is 170 Å². The van der Waals surface area contributed by atoms with Crippen molar-refractivity contribution in [2.75, 3.05) is 0 Å². The van der Waals surface area contributed by atoms with Crippen molar-refractivity contribution in [2.45, 2.75) is 0 Å². The maximum absolute atomic E-state index is 8.24. The number of rotatable bonds is 4. The quantitative estimate of drug-likeness (QED) is 0.162. The Bertz CT molecular complexity index is 3490. The Labute approximate surface area is 327 Å². The lowest BCUT2D eigenvalue weighted by Gasteiger charge is -2.13. The minimum Gasteiger partial charge on any atom is -0.319 e. The summed E-state index contributed by atoms with van der Waals surface area (Å²) in [6.07, 6.45) is 0. The summed E-state index contributed by atoms with van der Waals surface area (Å²) in [6.45, 7) is 23.4. The summed E-state index contributed by atoms with van der Waals surface area (Å²) in [6, 6.07) is 58.4. The molecule has 3 aromatic heterocycles. The van der Waals surface area contributed by atoms with Gasteiger partial charge in [-0.05, 0) is 107 Å². The zero-order valence-corrected chi connectivity index (χ0v) is 30.3. The van der Waals surface area contributed by atoms with Crippen LogP contribution in [0, 0.1) is 19.7 Å². The summed E-state index contributed by atoms with van der Waals surface area (Å²) in [5.74, 6) is 0. The molecule has 0 spiro atoms. The fourth-order valence-electron chi connectivity index (χ4n) is 8.76. The Morgan fingerprint density at radius 2 is 0.754 bits per heavy atom. The first-order valence-electron chi connectivity index (χ1n) is 18.6. The standard InChI is InChI=1S/C51H28N6/c1-52-34-19-25-49-41(29-34)42-30-35(53-2)20-26-50(42)57(49)51-24-18-33(28-44(51)54-3)32-16-21-36(22-17-32)55-47-15-9-6-12-40(47)43-31-37(23-27-48(43)55)56-45-13-7-4-10-38(45)39-11-5-8-14-46(39)56/h4-31H. The minimum atomic E-state index is 0.514. The molecular weight excluding hydrogens is 697 g/mol. The van der Waals surface area contributed by atoms with Gasteiger partial charge in [-0.3, -0.25) is 0 Å². The smallest absolute Gasteiger partial charge is 0.211 e. The first kappa shape index (κ1) is 32.1. The Balaban J connectivity index is 1.01. The van der Waals surface area contributed by atoms with E-state index in [4.69, 9.17) is 19.7 Å². The van der Waals surface area contributed by atoms with Crippen molar-refractivity contribution in [3.8, 4) is 28.2 Å². The topological polar surface area (TPSA) is 27.9 Å². The Hall–Kier alpha value is -8.37. The number of hydrogen-bond acceptors (Lipinski definition) is 0. The normalized spacial score (nSPS) is 11.5. The number of nitrogens with zero attached hydrogens (tertiary/aromatic N) is 6. The van der Waals surface area contributed by atoms with Gasteiger partial charge in [0.1, 0.15) is 0 Å². The van der Waals surface area contributed by atoms with E-state index < -0.39 is 0 Å². The van der Waals surface area contributed by atoms with Gasteiger partial charge in [0.15, 0.2) is 11.4 Å². The van der Waals surface area contributed by atoms with Crippen molar-refractivity contribution in [2.24, 2.45) is 0 Å². The van der Waals surface area contributed by atoms with Crippen LogP contribution in [0.2, 0.25) is 0 Å². The molecule has 0 radical (unpaired) electrons. The van der Waals surface area contributed by atoms with Crippen LogP contribution in [0.4, 0.5) is 17.1 Å². The average Bonchev–Trinajstić information content (AvgIpc) is 3.91. The van der Waals surface area contributed by atoms with Crippen LogP contribution >= 0.6 is 0 Å². The third kappa shape index (κ3) is 4.74. The van der Waals surface area contributed by atoms with Crippen LogP contribution in [0.25, 0.3) is 108 Å². The van der Waals surface area contributed by atoms with Gasteiger partial charge in [-0.15, -0.1) is 0 Å². The summed E-state index contributed by atoms with van der Waals surface area (Å²) in [7, 11) is 0. The number of fused-ring (bicyclic) bond motifs is 9. The third-order valence-corrected chi connectivity index (χ3v) is 11.3. The molecule has 8 aromatic carbocycles. The molecule has 0 aliphatic rings. The lowest BCUT2D eigenvalue weighted by atomic mass is 10.0. The van der Waals surface area contributed by atoms with Crippen LogP contribution in [0.1, 0.15) is 0 Å². The lowest BCUT2D eigenvalue weighted by Crippen LogP contribution is -1.96. The van der Waals surface area contributed by atoms with E-state index in [9.17, 15) is 0 Å². The maximum Gasteiger partial charge on any atom is 0.211 e. The van der Waals surface area contributed by atoms with Gasteiger partial charge in [-0.2, -0.15) is 0 Å². The summed E-state index contributed by atoms with van der Waals surface area (Å²) in [5, 5.41) is 6.63. The summed E-state index contributed by atoms with van der Waals surface area (Å²) < 4.78 is 6.77. The minimum absolute atomic E-state index is 0.514. The highest BCUT2D eigenvalue weighted by molar-refractivity contribution is 6.13. The second-order valence-corrected chi connectivity index (χ2v) is 14.2. The summed E-state index contributed by atoms with van der Waals surface area (Å²) in [5.41, 5.74) is 12.9. The maximum atomic E-state index is 8.24. The van der Waals surface area contributed by atoms with Gasteiger partial charge < -0.3 is 13.7 Å². The lowest BCUT2D eigenvalue weighted by molar-refractivity contribution is 1.16. The van der Waals surface area contributed by atoms with Crippen molar-refractivity contribution in [3.63, 3.8) is 0 Å². The van der Waals surface area contributed by atoms with Gasteiger partial charge >= 0.3 is 0 Å². The molecule has 11 aromatic rings. The van der Waals surface area contributed by atoms with Gasteiger partial charge in [0, 0.05) is 32.9 Å². The molecule has 0 fully saturated rings. The van der Waals surface area contributed by atoms with Gasteiger partial charge in [-0.25, -0.2) is 14.5 Å². The molecule has 0 amide bonds. The van der Waals surface area contributed by atoms with E-state index in [0.29, 0.717) is 17.1 Å². The van der Waals surface area contributed by atoms with Gasteiger partial charge in [0.2, 0.25) is 5.69 Å². The van der Waals surface area contributed by atoms with Crippen molar-refractivity contribution < 1.29 is 0 Å². The van der Waals surface area contributed by atoms with Gasteiger partial charge in [0.25, 0.3) is 0 Å². The molecule has 0 aliphatic heterocycles. The monoisotopic (exact) mass is 724 g/mol. The predicted octanol–water partition coefficient (Wildman–Crippen LogP) is 14.3. The highest BCUT2D eigenvalue weighted by Gasteiger charge is 2.19. The van der Waals surface area contributed by atoms with E-state index >= 15 is 0 Å². The summed E-state index contributed by atoms with van der Waals surface area (Å²) >= 11 is 0. The fourth-order valence-corrected chi connectivity index (χ4v) is 8.76. The average molecular weight is 725 g/mol. The van der Waals surface area contributed by atoms with Crippen LogP contribution in [0.3, 0.4) is 0 Å². The first-order valence-corrected chi connectivity index (χ1v) is 18.6. The molecule has 11 rings (SSSR count). The molecule has 0 aliphatic carbocycles. The van der Waals surface area contributed by atoms with Crippen molar-refractivity contribution in [1.82, 2.24) is 13.7 Å². The molecule has 0 saturated carbocycles. The van der Waals surface area contributed by atoms with Crippen molar-refractivity contribution >= 4 is 82.5 Å². The molecule has 0 saturated heterocycles. The molecule has 0 bridgehead atoms. The highest BCUT2D eigenvalue weighted by atomic mass is 15.0. The van der Waals surface area contributed by atoms with Gasteiger partial charge in [-0.1, -0.05) is 84.9 Å². The van der Waals surface area contributed by atoms with E-state index in [0.717, 1.165) is 61.0 Å². The Morgan fingerprint density at radius 1 is 0.316 bits per heavy atom. The van der Waals surface area contributed by atoms with E-state index in [2.05, 4.69) is 150 Å². The fraction of sp³-hybridized carbons (Fsp3) is 0. The molecular formula is C51H28N6. The second kappa shape index (κ2) is 12.3. The van der Waals surface area contributed by atoms with Crippen molar-refractivity contribution in [1.29, 1.82) is 0 Å². The third-order valence-electron chi connectivity index (χ3n) is 11.3. The SMILES string of the molecule is [C-]#[N+]c1ccc2c(c1)c1cc([N+]#[C-])ccc1n2-c1ccc(-c2ccc(-n3c4ccccc4c4cc(-n5c6ccccc6c6ccccc65)ccc43)cc2)cc1[N+]#[C-]. The Kier molecular flexibility index (Phi) is 6.95. The second-order valence-electron chi connectivity index (χ2n) is 14.2. The summed E-state index contributed by atoms with van der Waals surface area (Å²) in [4.78, 5) is 11.3. The van der Waals surface area contributed by atoms with Crippen LogP contribution in [0.5, 0.6) is 0 Å². The number of benzene rings is 8. The molecule has 57 heavy (non-hydrogen) atoms. The molecule has 6 heteroatoms. The van der Waals surface area contributed by atoms with Crippen LogP contribution in [-0.2, 0) is 0 Å². The molecule has 3 heterocycles. The molecule has 6 nitrogen and oxygen atoms in total. The van der Waals surface area contributed by atoms with E-state index in [1.54, 1.807) is 12.1 Å². The zero-order chi connectivity index (χ0) is 38.2. The predicted molar refractivity (Wildman–Crippen MR) is 234 cm³/mol. The first-order chi connectivity index (χ1) is 28.1. The van der Waals surface area contributed by atoms with Crippen molar-refractivity contribution in [3.05, 3.63) is 204 Å². The molecule has 0 atom stereocenters. The van der Waals surface area contributed by atoms with E-state index in [-0.39, 0.29) is 0 Å². The molecule has 0 unspecified atom stereocenters. The van der Waals surface area contributed by atoms with E-state index in [1.165, 1.54) is 32.6 Å². The Morgan fingerprint density at radius 3 is 1.32 bits per heavy atom. The van der Waals surface area contributed by atoms with Crippen LogP contribution in [-0.4, -0.2) is 13.7 Å². The number of hydrogen-bond donors (Lipinski definition) is 0.